The Kier molecular flexibility index (Phi) is 5.60. The largest absolute Gasteiger partial charge is 0.382 e. The summed E-state index contributed by atoms with van der Waals surface area (Å²) >= 11 is 0. The van der Waals surface area contributed by atoms with Crippen LogP contribution in [0.25, 0.3) is 0 Å². The van der Waals surface area contributed by atoms with Gasteiger partial charge in [-0.25, -0.2) is 0 Å². The Hall–Kier alpha value is -1.76. The molecule has 134 valence electrons. The minimum Gasteiger partial charge on any atom is -0.382 e. The van der Waals surface area contributed by atoms with Crippen LogP contribution in [-0.2, 0) is 0 Å². The highest BCUT2D eigenvalue weighted by Gasteiger charge is 2.28. The van der Waals surface area contributed by atoms with E-state index >= 15 is 0 Å². The van der Waals surface area contributed by atoms with Crippen LogP contribution < -0.4 is 21.3 Å². The summed E-state index contributed by atoms with van der Waals surface area (Å²) < 4.78 is 0. The van der Waals surface area contributed by atoms with Crippen LogP contribution in [0.2, 0.25) is 0 Å². The number of anilines is 4. The molecule has 0 spiro atoms. The average molecular weight is 333 g/mol. The second-order valence-corrected chi connectivity index (χ2v) is 6.87. The fourth-order valence-electron chi connectivity index (χ4n) is 3.62. The predicted molar refractivity (Wildman–Crippen MR) is 101 cm³/mol. The summed E-state index contributed by atoms with van der Waals surface area (Å²) in [4.78, 5) is 14.0. The smallest absolute Gasteiger partial charge is 0.226 e. The summed E-state index contributed by atoms with van der Waals surface area (Å²) in [6.45, 7) is 10.7. The maximum absolute atomic E-state index is 6.13. The summed E-state index contributed by atoms with van der Waals surface area (Å²) in [6, 6.07) is 0. The van der Waals surface area contributed by atoms with Gasteiger partial charge in [0.2, 0.25) is 5.95 Å². The van der Waals surface area contributed by atoms with Crippen molar-refractivity contribution >= 4 is 23.3 Å². The van der Waals surface area contributed by atoms with Crippen molar-refractivity contribution in [3.8, 4) is 0 Å². The number of nitrogens with two attached hydrogens (primary N) is 1. The van der Waals surface area contributed by atoms with Crippen molar-refractivity contribution in [2.75, 3.05) is 60.7 Å². The van der Waals surface area contributed by atoms with Gasteiger partial charge < -0.3 is 26.2 Å². The molecule has 0 radical (unpaired) electrons. The van der Waals surface area contributed by atoms with E-state index in [0.29, 0.717) is 17.7 Å². The second-order valence-electron chi connectivity index (χ2n) is 6.87. The van der Waals surface area contributed by atoms with Crippen molar-refractivity contribution in [2.45, 2.75) is 39.5 Å². The van der Waals surface area contributed by atoms with E-state index in [2.05, 4.69) is 39.3 Å². The number of piperidine rings is 1. The van der Waals surface area contributed by atoms with Crippen LogP contribution in [0.4, 0.5) is 23.3 Å². The average Bonchev–Trinajstić information content (AvgIpc) is 2.99. The van der Waals surface area contributed by atoms with Gasteiger partial charge in [0.25, 0.3) is 0 Å². The van der Waals surface area contributed by atoms with E-state index < -0.39 is 0 Å². The minimum atomic E-state index is 0.542. The van der Waals surface area contributed by atoms with Crippen LogP contribution in [0.15, 0.2) is 0 Å². The van der Waals surface area contributed by atoms with E-state index in [1.807, 2.05) is 0 Å². The molecule has 4 N–H and O–H groups in total. The molecule has 2 aliphatic heterocycles. The molecule has 1 atom stereocenters. The number of hydrogen-bond donors (Lipinski definition) is 3. The number of nitrogens with zero attached hydrogens (tertiary/aromatic N) is 4. The molecule has 0 aromatic carbocycles. The molecule has 24 heavy (non-hydrogen) atoms. The van der Waals surface area contributed by atoms with Crippen molar-refractivity contribution in [1.82, 2.24) is 14.9 Å². The first-order valence-electron chi connectivity index (χ1n) is 9.33. The third kappa shape index (κ3) is 3.83. The van der Waals surface area contributed by atoms with E-state index in [9.17, 15) is 0 Å². The minimum absolute atomic E-state index is 0.542. The van der Waals surface area contributed by atoms with E-state index in [1.165, 1.54) is 25.9 Å². The van der Waals surface area contributed by atoms with E-state index in [-0.39, 0.29) is 0 Å². The lowest BCUT2D eigenvalue weighted by Gasteiger charge is -2.34. The van der Waals surface area contributed by atoms with Gasteiger partial charge >= 0.3 is 0 Å². The number of aromatic nitrogens is 2. The molecule has 0 bridgehead atoms. The van der Waals surface area contributed by atoms with Gasteiger partial charge in [-0.1, -0.05) is 20.3 Å². The Labute approximate surface area is 145 Å². The van der Waals surface area contributed by atoms with Gasteiger partial charge in [-0.05, 0) is 38.3 Å². The van der Waals surface area contributed by atoms with E-state index in [1.54, 1.807) is 0 Å². The molecule has 1 saturated heterocycles. The van der Waals surface area contributed by atoms with Gasteiger partial charge in [-0.15, -0.1) is 0 Å². The highest BCUT2D eigenvalue weighted by Crippen LogP contribution is 2.35. The lowest BCUT2D eigenvalue weighted by Crippen LogP contribution is -2.41. The molecule has 2 aliphatic rings. The summed E-state index contributed by atoms with van der Waals surface area (Å²) in [7, 11) is 0. The van der Waals surface area contributed by atoms with Crippen LogP contribution in [0, 0.1) is 5.92 Å². The SMILES string of the molecule is CCCCNc1nc(N)c2c(n1)N(CC1CCCN(CC)C1)CN2. The second kappa shape index (κ2) is 7.88. The van der Waals surface area contributed by atoms with Gasteiger partial charge in [-0.2, -0.15) is 9.97 Å². The zero-order chi connectivity index (χ0) is 16.9. The Morgan fingerprint density at radius 2 is 2.21 bits per heavy atom. The lowest BCUT2D eigenvalue weighted by atomic mass is 9.97. The molecule has 7 heteroatoms. The first-order chi connectivity index (χ1) is 11.7. The Morgan fingerprint density at radius 3 is 3.00 bits per heavy atom. The zero-order valence-electron chi connectivity index (χ0n) is 15.0. The van der Waals surface area contributed by atoms with Crippen LogP contribution in [0.3, 0.4) is 0 Å². The maximum Gasteiger partial charge on any atom is 0.226 e. The van der Waals surface area contributed by atoms with Gasteiger partial charge in [0.1, 0.15) is 5.69 Å². The molecule has 1 fully saturated rings. The van der Waals surface area contributed by atoms with E-state index in [4.69, 9.17) is 10.7 Å². The highest BCUT2D eigenvalue weighted by molar-refractivity contribution is 5.81. The van der Waals surface area contributed by atoms with Gasteiger partial charge in [-0.3, -0.25) is 0 Å². The molecule has 0 aliphatic carbocycles. The quantitative estimate of drug-likeness (QED) is 0.660. The standard InChI is InChI=1S/C17H31N7/c1-3-5-8-19-17-21-15(18)14-16(22-17)24(12-20-14)11-13-7-6-9-23(4-2)10-13/h13,20H,3-12H2,1-2H3,(H3,18,19,21,22). The summed E-state index contributed by atoms with van der Waals surface area (Å²) in [6.07, 6.45) is 4.85. The van der Waals surface area contributed by atoms with Crippen LogP contribution in [-0.4, -0.2) is 54.3 Å². The normalized spacial score (nSPS) is 20.8. The number of likely N-dealkylation sites (tertiary alicyclic amines) is 1. The molecule has 7 nitrogen and oxygen atoms in total. The lowest BCUT2D eigenvalue weighted by molar-refractivity contribution is 0.185. The fourth-order valence-corrected chi connectivity index (χ4v) is 3.62. The van der Waals surface area contributed by atoms with Gasteiger partial charge in [0, 0.05) is 19.6 Å². The summed E-state index contributed by atoms with van der Waals surface area (Å²) in [5, 5.41) is 6.65. The van der Waals surface area contributed by atoms with Crippen molar-refractivity contribution in [3.05, 3.63) is 0 Å². The van der Waals surface area contributed by atoms with Crippen molar-refractivity contribution in [3.63, 3.8) is 0 Å². The summed E-state index contributed by atoms with van der Waals surface area (Å²) in [5.74, 6) is 2.84. The number of rotatable bonds is 7. The summed E-state index contributed by atoms with van der Waals surface area (Å²) in [5.41, 5.74) is 7.02. The van der Waals surface area contributed by atoms with E-state index in [0.717, 1.165) is 50.6 Å². The number of hydrogen-bond acceptors (Lipinski definition) is 7. The molecule has 3 rings (SSSR count). The molecule has 1 aromatic heterocycles. The van der Waals surface area contributed by atoms with Crippen molar-refractivity contribution < 1.29 is 0 Å². The fraction of sp³-hybridized carbons (Fsp3) is 0.765. The van der Waals surface area contributed by atoms with Crippen LogP contribution in [0.1, 0.15) is 39.5 Å². The Morgan fingerprint density at radius 1 is 1.33 bits per heavy atom. The number of fused-ring (bicyclic) bond motifs is 1. The molecular formula is C17H31N7. The molecule has 1 aromatic rings. The topological polar surface area (TPSA) is 82.3 Å². The molecule has 3 heterocycles. The third-order valence-electron chi connectivity index (χ3n) is 5.01. The zero-order valence-corrected chi connectivity index (χ0v) is 15.0. The number of nitrogens with one attached hydrogen (secondary N) is 2. The van der Waals surface area contributed by atoms with Crippen LogP contribution >= 0.6 is 0 Å². The third-order valence-corrected chi connectivity index (χ3v) is 5.01. The van der Waals surface area contributed by atoms with Gasteiger partial charge in [0.05, 0.1) is 6.67 Å². The van der Waals surface area contributed by atoms with Crippen molar-refractivity contribution in [2.24, 2.45) is 5.92 Å². The Balaban J connectivity index is 1.68. The van der Waals surface area contributed by atoms with Crippen LogP contribution in [0.5, 0.6) is 0 Å². The predicted octanol–water partition coefficient (Wildman–Crippen LogP) is 2.19. The monoisotopic (exact) mass is 333 g/mol. The maximum atomic E-state index is 6.13. The van der Waals surface area contributed by atoms with Gasteiger partial charge in [0.15, 0.2) is 11.6 Å². The van der Waals surface area contributed by atoms with Crippen molar-refractivity contribution in [1.29, 1.82) is 0 Å². The highest BCUT2D eigenvalue weighted by atomic mass is 15.4. The molecule has 1 unspecified atom stereocenters. The molecule has 0 saturated carbocycles. The number of nitrogen functional groups attached to an aromatic ring is 1. The first kappa shape index (κ1) is 17.1. The molecular weight excluding hydrogens is 302 g/mol. The Bertz CT molecular complexity index is 548. The first-order valence-corrected chi connectivity index (χ1v) is 9.33. The molecule has 0 amide bonds. The number of unbranched alkanes of at least 4 members (excludes halogenated alkanes) is 1.